The van der Waals surface area contributed by atoms with Gasteiger partial charge in [-0.3, -0.25) is 9.59 Å². The van der Waals surface area contributed by atoms with E-state index >= 15 is 0 Å². The second-order valence-corrected chi connectivity index (χ2v) is 7.36. The predicted molar refractivity (Wildman–Crippen MR) is 94.8 cm³/mol. The van der Waals surface area contributed by atoms with E-state index in [2.05, 4.69) is 0 Å². The van der Waals surface area contributed by atoms with Crippen LogP contribution in [0.5, 0.6) is 11.5 Å². The molecule has 2 aliphatic heterocycles. The molecular weight excluding hydrogens is 338 g/mol. The molecule has 0 bridgehead atoms. The van der Waals surface area contributed by atoms with Crippen LogP contribution in [0, 0.1) is 0 Å². The molecule has 1 atom stereocenters. The summed E-state index contributed by atoms with van der Waals surface area (Å²) in [6, 6.07) is 9.44. The Morgan fingerprint density at radius 2 is 1.84 bits per heavy atom. The maximum atomic E-state index is 12.9. The van der Waals surface area contributed by atoms with Crippen molar-refractivity contribution in [3.63, 3.8) is 0 Å². The zero-order valence-corrected chi connectivity index (χ0v) is 14.8. The molecule has 0 N–H and O–H groups in total. The summed E-state index contributed by atoms with van der Waals surface area (Å²) in [5.41, 5.74) is 1.07. The number of hydrogen-bond acceptors (Lipinski definition) is 5. The van der Waals surface area contributed by atoms with Crippen molar-refractivity contribution in [2.24, 2.45) is 0 Å². The van der Waals surface area contributed by atoms with Crippen LogP contribution in [-0.2, 0) is 0 Å². The zero-order chi connectivity index (χ0) is 17.4. The molecule has 0 radical (unpaired) electrons. The summed E-state index contributed by atoms with van der Waals surface area (Å²) < 4.78 is 11.2. The quantitative estimate of drug-likeness (QED) is 0.786. The molecule has 1 fully saturated rings. The number of likely N-dealkylation sites (tertiary alicyclic amines) is 1. The Hall–Kier alpha value is -2.34. The molecular formula is C19H19NO4S. The lowest BCUT2D eigenvalue weighted by molar-refractivity contribution is 0.0740. The Morgan fingerprint density at radius 1 is 1.08 bits per heavy atom. The molecule has 1 saturated heterocycles. The number of thiophene rings is 1. The number of ketones is 1. The average molecular weight is 357 g/mol. The van der Waals surface area contributed by atoms with Crippen LogP contribution in [0.2, 0.25) is 0 Å². The van der Waals surface area contributed by atoms with Crippen LogP contribution in [0.4, 0.5) is 0 Å². The topological polar surface area (TPSA) is 55.8 Å². The lowest BCUT2D eigenvalue weighted by Gasteiger charge is -2.26. The first kappa shape index (κ1) is 16.1. The first-order valence-electron chi connectivity index (χ1n) is 8.45. The Labute approximate surface area is 150 Å². The number of carbonyl (C=O) groups excluding carboxylic acids is 2. The van der Waals surface area contributed by atoms with E-state index in [0.717, 1.165) is 36.4 Å². The van der Waals surface area contributed by atoms with Crippen LogP contribution in [0.25, 0.3) is 0 Å². The number of nitrogens with zero attached hydrogens (tertiary/aromatic N) is 1. The van der Waals surface area contributed by atoms with Gasteiger partial charge in [0.25, 0.3) is 5.91 Å². The molecule has 5 nitrogen and oxygen atoms in total. The van der Waals surface area contributed by atoms with Crippen molar-refractivity contribution in [1.29, 1.82) is 0 Å². The fourth-order valence-electron chi connectivity index (χ4n) is 3.41. The standard InChI is InChI=1S/C19H19NO4S/c1-12(21)17-6-7-18(25-17)19(22)20-8-2-3-14(20)13-4-5-15-16(11-13)24-10-9-23-15/h4-7,11,14H,2-3,8-10H2,1H3. The highest BCUT2D eigenvalue weighted by atomic mass is 32.1. The molecule has 2 aromatic rings. The molecule has 0 aliphatic carbocycles. The van der Waals surface area contributed by atoms with Crippen molar-refractivity contribution in [2.75, 3.05) is 19.8 Å². The van der Waals surface area contributed by atoms with Crippen LogP contribution in [0.3, 0.4) is 0 Å². The first-order chi connectivity index (χ1) is 12.1. The van der Waals surface area contributed by atoms with Crippen LogP contribution in [0.1, 0.15) is 50.7 Å². The molecule has 0 saturated carbocycles. The third-order valence-electron chi connectivity index (χ3n) is 4.63. The molecule has 1 amide bonds. The molecule has 1 unspecified atom stereocenters. The van der Waals surface area contributed by atoms with Gasteiger partial charge in [-0.1, -0.05) is 6.07 Å². The number of amides is 1. The van der Waals surface area contributed by atoms with Crippen molar-refractivity contribution in [3.05, 3.63) is 45.6 Å². The number of rotatable bonds is 3. The van der Waals surface area contributed by atoms with Gasteiger partial charge in [-0.15, -0.1) is 11.3 Å². The highest BCUT2D eigenvalue weighted by Crippen LogP contribution is 2.39. The average Bonchev–Trinajstić information content (AvgIpc) is 3.30. The van der Waals surface area contributed by atoms with E-state index in [1.807, 2.05) is 23.1 Å². The summed E-state index contributed by atoms with van der Waals surface area (Å²) in [5, 5.41) is 0. The van der Waals surface area contributed by atoms with E-state index in [0.29, 0.717) is 23.0 Å². The summed E-state index contributed by atoms with van der Waals surface area (Å²) in [6.07, 6.45) is 1.89. The molecule has 25 heavy (non-hydrogen) atoms. The molecule has 3 heterocycles. The summed E-state index contributed by atoms with van der Waals surface area (Å²) in [6.45, 7) is 3.36. The SMILES string of the molecule is CC(=O)c1ccc(C(=O)N2CCCC2c2ccc3c(c2)OCCO3)s1. The van der Waals surface area contributed by atoms with Gasteiger partial charge in [0.2, 0.25) is 0 Å². The van der Waals surface area contributed by atoms with Gasteiger partial charge in [-0.25, -0.2) is 0 Å². The zero-order valence-electron chi connectivity index (χ0n) is 14.0. The van der Waals surface area contributed by atoms with E-state index in [9.17, 15) is 9.59 Å². The number of fused-ring (bicyclic) bond motifs is 1. The molecule has 0 spiro atoms. The van der Waals surface area contributed by atoms with Gasteiger partial charge < -0.3 is 14.4 Å². The summed E-state index contributed by atoms with van der Waals surface area (Å²) in [4.78, 5) is 27.6. The van der Waals surface area contributed by atoms with Crippen molar-refractivity contribution in [2.45, 2.75) is 25.8 Å². The molecule has 2 aliphatic rings. The molecule has 130 valence electrons. The normalized spacial score (nSPS) is 19.1. The first-order valence-corrected chi connectivity index (χ1v) is 9.26. The molecule has 6 heteroatoms. The van der Waals surface area contributed by atoms with Crippen molar-refractivity contribution in [3.8, 4) is 11.5 Å². The largest absolute Gasteiger partial charge is 0.486 e. The third kappa shape index (κ3) is 3.02. The lowest BCUT2D eigenvalue weighted by atomic mass is 10.0. The minimum absolute atomic E-state index is 0.00473. The van der Waals surface area contributed by atoms with Gasteiger partial charge in [-0.2, -0.15) is 0 Å². The van der Waals surface area contributed by atoms with Gasteiger partial charge in [0, 0.05) is 6.54 Å². The summed E-state index contributed by atoms with van der Waals surface area (Å²) in [5.74, 6) is 1.50. The van der Waals surface area contributed by atoms with Crippen molar-refractivity contribution >= 4 is 23.0 Å². The number of Topliss-reactive ketones (excluding diaryl/α,β-unsaturated/α-hetero) is 1. The van der Waals surface area contributed by atoms with Gasteiger partial charge >= 0.3 is 0 Å². The Balaban J connectivity index is 1.59. The van der Waals surface area contributed by atoms with E-state index in [4.69, 9.17) is 9.47 Å². The van der Waals surface area contributed by atoms with Gasteiger partial charge in [-0.05, 0) is 49.6 Å². The van der Waals surface area contributed by atoms with Crippen LogP contribution >= 0.6 is 11.3 Å². The monoisotopic (exact) mass is 357 g/mol. The van der Waals surface area contributed by atoms with Crippen LogP contribution in [0.15, 0.2) is 30.3 Å². The number of carbonyl (C=O) groups is 2. The smallest absolute Gasteiger partial charge is 0.264 e. The second kappa shape index (κ2) is 6.52. The van der Waals surface area contributed by atoms with Gasteiger partial charge in [0.05, 0.1) is 15.8 Å². The fraction of sp³-hybridized carbons (Fsp3) is 0.368. The highest BCUT2D eigenvalue weighted by Gasteiger charge is 2.32. The molecule has 4 rings (SSSR count). The van der Waals surface area contributed by atoms with Gasteiger partial charge in [0.15, 0.2) is 17.3 Å². The summed E-state index contributed by atoms with van der Waals surface area (Å²) >= 11 is 1.27. The Bertz CT molecular complexity index is 829. The Kier molecular flexibility index (Phi) is 4.21. The van der Waals surface area contributed by atoms with E-state index in [1.54, 1.807) is 12.1 Å². The van der Waals surface area contributed by atoms with Crippen molar-refractivity contribution < 1.29 is 19.1 Å². The molecule has 1 aromatic heterocycles. The maximum Gasteiger partial charge on any atom is 0.264 e. The fourth-order valence-corrected chi connectivity index (χ4v) is 4.26. The van der Waals surface area contributed by atoms with Crippen LogP contribution < -0.4 is 9.47 Å². The van der Waals surface area contributed by atoms with Gasteiger partial charge in [0.1, 0.15) is 13.2 Å². The number of benzene rings is 1. The van der Waals surface area contributed by atoms with Crippen molar-refractivity contribution in [1.82, 2.24) is 4.90 Å². The van der Waals surface area contributed by atoms with Crippen LogP contribution in [-0.4, -0.2) is 36.3 Å². The summed E-state index contributed by atoms with van der Waals surface area (Å²) in [7, 11) is 0. The number of hydrogen-bond donors (Lipinski definition) is 0. The van der Waals surface area contributed by atoms with E-state index < -0.39 is 0 Å². The Morgan fingerprint density at radius 3 is 2.60 bits per heavy atom. The van der Waals surface area contributed by atoms with E-state index in [1.165, 1.54) is 18.3 Å². The van der Waals surface area contributed by atoms with E-state index in [-0.39, 0.29) is 17.7 Å². The molecule has 1 aromatic carbocycles. The predicted octanol–water partition coefficient (Wildman–Crippen LogP) is 3.70. The second-order valence-electron chi connectivity index (χ2n) is 6.28. The minimum Gasteiger partial charge on any atom is -0.486 e. The lowest BCUT2D eigenvalue weighted by Crippen LogP contribution is -2.30. The highest BCUT2D eigenvalue weighted by molar-refractivity contribution is 7.15. The third-order valence-corrected chi connectivity index (χ3v) is 5.80. The minimum atomic E-state index is -0.00569. The maximum absolute atomic E-state index is 12.9. The number of ether oxygens (including phenoxy) is 2.